The summed E-state index contributed by atoms with van der Waals surface area (Å²) in [6.45, 7) is 2.04. The molecule has 0 aliphatic rings. The Bertz CT molecular complexity index is 849. The monoisotopic (exact) mass is 313 g/mol. The molecule has 0 amide bonds. The maximum atomic E-state index is 12.2. The van der Waals surface area contributed by atoms with E-state index in [4.69, 9.17) is 0 Å². The number of aryl methyl sites for hydroxylation is 1. The molecule has 0 saturated heterocycles. The summed E-state index contributed by atoms with van der Waals surface area (Å²) in [6.07, 6.45) is 3.24. The lowest BCUT2D eigenvalue weighted by Crippen LogP contribution is -1.96. The summed E-state index contributed by atoms with van der Waals surface area (Å²) in [5.74, 6) is -0.0187. The van der Waals surface area contributed by atoms with Crippen LogP contribution in [0.3, 0.4) is 0 Å². The Hall–Kier alpha value is -3.13. The molecule has 24 heavy (non-hydrogen) atoms. The molecule has 3 aromatic carbocycles. The van der Waals surface area contributed by atoms with Gasteiger partial charge < -0.3 is 5.32 Å². The van der Waals surface area contributed by atoms with Crippen molar-refractivity contribution in [3.8, 4) is 11.1 Å². The lowest BCUT2D eigenvalue weighted by atomic mass is 10.0. The number of hydrogen-bond acceptors (Lipinski definition) is 2. The summed E-state index contributed by atoms with van der Waals surface area (Å²) in [5, 5.41) is 3.12. The van der Waals surface area contributed by atoms with E-state index < -0.39 is 0 Å². The average Bonchev–Trinajstić information content (AvgIpc) is 2.63. The smallest absolute Gasteiger partial charge is 0.187 e. The van der Waals surface area contributed by atoms with Crippen LogP contribution in [0.5, 0.6) is 0 Å². The second-order valence-corrected chi connectivity index (χ2v) is 5.65. The molecule has 0 unspecified atom stereocenters. The highest BCUT2D eigenvalue weighted by atomic mass is 16.1. The van der Waals surface area contributed by atoms with Crippen LogP contribution in [-0.4, -0.2) is 5.78 Å². The third-order valence-corrected chi connectivity index (χ3v) is 3.78. The molecule has 0 spiro atoms. The summed E-state index contributed by atoms with van der Waals surface area (Å²) in [4.78, 5) is 12.2. The summed E-state index contributed by atoms with van der Waals surface area (Å²) in [6, 6.07) is 25.8. The Labute approximate surface area is 142 Å². The first kappa shape index (κ1) is 15.8. The number of carbonyl (C=O) groups is 1. The molecular formula is C22H19NO. The van der Waals surface area contributed by atoms with Gasteiger partial charge in [0.15, 0.2) is 5.78 Å². The van der Waals surface area contributed by atoms with Crippen LogP contribution in [0, 0.1) is 6.92 Å². The highest BCUT2D eigenvalue weighted by molar-refractivity contribution is 6.04. The fourth-order valence-electron chi connectivity index (χ4n) is 2.50. The largest absolute Gasteiger partial charge is 0.362 e. The van der Waals surface area contributed by atoms with Gasteiger partial charge in [-0.3, -0.25) is 4.79 Å². The van der Waals surface area contributed by atoms with Crippen molar-refractivity contribution in [3.05, 3.63) is 102 Å². The predicted molar refractivity (Wildman–Crippen MR) is 100 cm³/mol. The fourth-order valence-corrected chi connectivity index (χ4v) is 2.50. The molecule has 1 N–H and O–H groups in total. The topological polar surface area (TPSA) is 29.1 Å². The van der Waals surface area contributed by atoms with Crippen LogP contribution < -0.4 is 5.32 Å². The maximum absolute atomic E-state index is 12.2. The number of allylic oxidation sites excluding steroid dienone is 1. The van der Waals surface area contributed by atoms with Crippen molar-refractivity contribution in [2.45, 2.75) is 6.92 Å². The Morgan fingerprint density at radius 1 is 0.833 bits per heavy atom. The van der Waals surface area contributed by atoms with Crippen LogP contribution in [0.15, 0.2) is 91.1 Å². The second-order valence-electron chi connectivity index (χ2n) is 5.65. The van der Waals surface area contributed by atoms with E-state index in [1.165, 1.54) is 5.56 Å². The van der Waals surface area contributed by atoms with Crippen molar-refractivity contribution in [3.63, 3.8) is 0 Å². The Balaban J connectivity index is 1.66. The number of ketones is 1. The van der Waals surface area contributed by atoms with Crippen LogP contribution in [0.2, 0.25) is 0 Å². The first-order valence-corrected chi connectivity index (χ1v) is 7.92. The molecule has 118 valence electrons. The first-order valence-electron chi connectivity index (χ1n) is 7.92. The molecule has 0 saturated carbocycles. The van der Waals surface area contributed by atoms with Gasteiger partial charge in [-0.05, 0) is 35.7 Å². The van der Waals surface area contributed by atoms with E-state index in [2.05, 4.69) is 17.4 Å². The number of hydrogen-bond donors (Lipinski definition) is 1. The van der Waals surface area contributed by atoms with Crippen LogP contribution in [0.25, 0.3) is 11.1 Å². The first-order chi connectivity index (χ1) is 11.7. The van der Waals surface area contributed by atoms with Gasteiger partial charge in [0.2, 0.25) is 0 Å². The van der Waals surface area contributed by atoms with Gasteiger partial charge in [0, 0.05) is 23.5 Å². The van der Waals surface area contributed by atoms with Crippen molar-refractivity contribution < 1.29 is 4.79 Å². The summed E-state index contributed by atoms with van der Waals surface area (Å²) in [7, 11) is 0. The van der Waals surface area contributed by atoms with Gasteiger partial charge in [0.25, 0.3) is 0 Å². The lowest BCUT2D eigenvalue weighted by Gasteiger charge is -2.03. The van der Waals surface area contributed by atoms with E-state index in [0.717, 1.165) is 16.8 Å². The SMILES string of the molecule is Cc1cccc(N/C=C/C(=O)c2ccc(-c3ccccc3)cc2)c1. The molecular weight excluding hydrogens is 294 g/mol. The number of carbonyl (C=O) groups excluding carboxylic acids is 1. The number of nitrogens with one attached hydrogen (secondary N) is 1. The summed E-state index contributed by atoms with van der Waals surface area (Å²) >= 11 is 0. The van der Waals surface area contributed by atoms with Gasteiger partial charge in [-0.15, -0.1) is 0 Å². The lowest BCUT2D eigenvalue weighted by molar-refractivity contribution is 0.104. The van der Waals surface area contributed by atoms with Gasteiger partial charge >= 0.3 is 0 Å². The van der Waals surface area contributed by atoms with Gasteiger partial charge in [-0.25, -0.2) is 0 Å². The minimum absolute atomic E-state index is 0.0187. The second kappa shape index (κ2) is 7.42. The van der Waals surface area contributed by atoms with Crippen LogP contribution in [-0.2, 0) is 0 Å². The summed E-state index contributed by atoms with van der Waals surface area (Å²) in [5.41, 5.74) is 5.08. The minimum atomic E-state index is -0.0187. The molecule has 2 nitrogen and oxygen atoms in total. The third-order valence-electron chi connectivity index (χ3n) is 3.78. The number of rotatable bonds is 5. The zero-order chi connectivity index (χ0) is 16.8. The van der Waals surface area contributed by atoms with Gasteiger partial charge in [-0.1, -0.05) is 66.7 Å². The highest BCUT2D eigenvalue weighted by Crippen LogP contribution is 2.19. The zero-order valence-corrected chi connectivity index (χ0v) is 13.6. The molecule has 3 aromatic rings. The van der Waals surface area contributed by atoms with E-state index in [-0.39, 0.29) is 5.78 Å². The molecule has 0 aliphatic heterocycles. The minimum Gasteiger partial charge on any atom is -0.362 e. The quantitative estimate of drug-likeness (QED) is 0.500. The van der Waals surface area contributed by atoms with Crippen molar-refractivity contribution >= 4 is 11.5 Å². The van der Waals surface area contributed by atoms with Crippen molar-refractivity contribution in [1.82, 2.24) is 0 Å². The van der Waals surface area contributed by atoms with Gasteiger partial charge in [0.1, 0.15) is 0 Å². The molecule has 0 heterocycles. The average molecular weight is 313 g/mol. The Morgan fingerprint density at radius 2 is 1.54 bits per heavy atom. The maximum Gasteiger partial charge on any atom is 0.187 e. The van der Waals surface area contributed by atoms with E-state index in [0.29, 0.717) is 5.56 Å². The van der Waals surface area contributed by atoms with E-state index >= 15 is 0 Å². The third kappa shape index (κ3) is 3.99. The van der Waals surface area contributed by atoms with Gasteiger partial charge in [0.05, 0.1) is 0 Å². The number of benzene rings is 3. The van der Waals surface area contributed by atoms with Crippen molar-refractivity contribution in [2.75, 3.05) is 5.32 Å². The Morgan fingerprint density at radius 3 is 2.25 bits per heavy atom. The van der Waals surface area contributed by atoms with Crippen LogP contribution in [0.1, 0.15) is 15.9 Å². The molecule has 2 heteroatoms. The molecule has 0 aliphatic carbocycles. The standard InChI is InChI=1S/C22H19NO/c1-17-6-5-9-21(16-17)23-15-14-22(24)20-12-10-19(11-13-20)18-7-3-2-4-8-18/h2-16,23H,1H3/b15-14+. The molecule has 0 radical (unpaired) electrons. The normalized spacial score (nSPS) is 10.7. The highest BCUT2D eigenvalue weighted by Gasteiger charge is 2.02. The molecule has 0 aromatic heterocycles. The summed E-state index contributed by atoms with van der Waals surface area (Å²) < 4.78 is 0. The Kier molecular flexibility index (Phi) is 4.87. The van der Waals surface area contributed by atoms with Crippen molar-refractivity contribution in [2.24, 2.45) is 0 Å². The molecule has 0 bridgehead atoms. The van der Waals surface area contributed by atoms with E-state index in [1.54, 1.807) is 12.3 Å². The van der Waals surface area contributed by atoms with Gasteiger partial charge in [-0.2, -0.15) is 0 Å². The van der Waals surface area contributed by atoms with Crippen LogP contribution in [0.4, 0.5) is 5.69 Å². The predicted octanol–water partition coefficient (Wildman–Crippen LogP) is 5.47. The van der Waals surface area contributed by atoms with E-state index in [1.807, 2.05) is 73.7 Å². The molecule has 0 atom stereocenters. The van der Waals surface area contributed by atoms with Crippen LogP contribution >= 0.6 is 0 Å². The zero-order valence-electron chi connectivity index (χ0n) is 13.6. The molecule has 0 fully saturated rings. The fraction of sp³-hybridized carbons (Fsp3) is 0.0455. The van der Waals surface area contributed by atoms with E-state index in [9.17, 15) is 4.79 Å². The number of anilines is 1. The van der Waals surface area contributed by atoms with Crippen molar-refractivity contribution in [1.29, 1.82) is 0 Å². The molecule has 3 rings (SSSR count).